The van der Waals surface area contributed by atoms with Crippen molar-refractivity contribution in [3.63, 3.8) is 0 Å². The number of carboxylic acids is 1. The third-order valence-electron chi connectivity index (χ3n) is 4.49. The van der Waals surface area contributed by atoms with Gasteiger partial charge in [-0.05, 0) is 30.7 Å². The number of nitrogens with one attached hydrogen (secondary N) is 1. The molecule has 1 aliphatic rings. The number of hydrogen-bond acceptors (Lipinski definition) is 8. The number of aromatic nitrogens is 1. The number of nitrogens with zero attached hydrogens (tertiary/aromatic N) is 2. The molecule has 0 spiro atoms. The molecule has 0 aliphatic carbocycles. The van der Waals surface area contributed by atoms with E-state index in [1.807, 2.05) is 25.1 Å². The van der Waals surface area contributed by atoms with Gasteiger partial charge in [0, 0.05) is 5.69 Å². The summed E-state index contributed by atoms with van der Waals surface area (Å²) in [6, 6.07) is 13.3. The minimum Gasteiger partial charge on any atom is -0.480 e. The van der Waals surface area contributed by atoms with Crippen LogP contribution in [0.25, 0.3) is 10.2 Å². The summed E-state index contributed by atoms with van der Waals surface area (Å²) in [5, 5.41) is 13.1. The van der Waals surface area contributed by atoms with E-state index in [0.717, 1.165) is 10.3 Å². The molecule has 2 aromatic carbocycles. The molecule has 11 heteroatoms. The summed E-state index contributed by atoms with van der Waals surface area (Å²) in [5.41, 5.74) is 1.90. The van der Waals surface area contributed by atoms with E-state index in [4.69, 9.17) is 4.74 Å². The first kappa shape index (κ1) is 22.7. The topological polar surface area (TPSA) is 118 Å². The van der Waals surface area contributed by atoms with E-state index in [1.54, 1.807) is 30.3 Å². The van der Waals surface area contributed by atoms with E-state index in [2.05, 4.69) is 37.9 Å². The molecule has 0 radical (unpaired) electrons. The molecule has 1 amide bonds. The lowest BCUT2D eigenvalue weighted by Crippen LogP contribution is -2.31. The highest BCUT2D eigenvalue weighted by molar-refractivity contribution is 14.1. The first-order valence-electron chi connectivity index (χ1n) is 9.34. The van der Waals surface area contributed by atoms with Crippen molar-refractivity contribution in [3.8, 4) is 0 Å². The molecule has 4 rings (SSSR count). The van der Waals surface area contributed by atoms with Gasteiger partial charge in [-0.2, -0.15) is 0 Å². The van der Waals surface area contributed by atoms with Crippen molar-refractivity contribution < 1.29 is 24.2 Å². The van der Waals surface area contributed by atoms with Gasteiger partial charge < -0.3 is 15.2 Å². The van der Waals surface area contributed by atoms with Crippen LogP contribution in [0.3, 0.4) is 0 Å². The highest BCUT2D eigenvalue weighted by atomic mass is 127. The number of halogens is 1. The van der Waals surface area contributed by atoms with Gasteiger partial charge in [-0.15, -0.1) is 11.3 Å². The summed E-state index contributed by atoms with van der Waals surface area (Å²) >= 11 is 4.80. The van der Waals surface area contributed by atoms with Crippen LogP contribution in [0, 0.1) is 0 Å². The fourth-order valence-electron chi connectivity index (χ4n) is 2.94. The SMILES string of the molecule is CC1(I)SC(c2nc3ccc(NC(=O)C(=O)OCc4ccccc4)cc3s2)=NC1C(=O)O. The maximum absolute atomic E-state index is 12.2. The lowest BCUT2D eigenvalue weighted by Gasteiger charge is -2.17. The number of benzene rings is 2. The number of carbonyl (C=O) groups is 3. The van der Waals surface area contributed by atoms with Crippen molar-refractivity contribution in [2.45, 2.75) is 22.3 Å². The Morgan fingerprint density at radius 1 is 1.22 bits per heavy atom. The number of carboxylic acid groups (broad SMARTS) is 1. The number of thiazole rings is 1. The third-order valence-corrected chi connectivity index (χ3v) is 8.01. The molecular formula is C21H16IN3O5S2. The highest BCUT2D eigenvalue weighted by Crippen LogP contribution is 2.46. The normalized spacial score (nSPS) is 20.1. The minimum absolute atomic E-state index is 0.0111. The molecule has 0 fully saturated rings. The van der Waals surface area contributed by atoms with Gasteiger partial charge in [0.05, 0.1) is 10.2 Å². The second-order valence-electron chi connectivity index (χ2n) is 6.98. The van der Waals surface area contributed by atoms with E-state index in [1.165, 1.54) is 23.1 Å². The number of aliphatic carboxylic acids is 1. The molecule has 32 heavy (non-hydrogen) atoms. The zero-order chi connectivity index (χ0) is 22.9. The number of alkyl halides is 1. The first-order chi connectivity index (χ1) is 15.2. The Labute approximate surface area is 204 Å². The number of carbonyl (C=O) groups excluding carboxylic acids is 2. The van der Waals surface area contributed by atoms with Gasteiger partial charge >= 0.3 is 17.8 Å². The number of aliphatic imine (C=N–C) groups is 1. The Morgan fingerprint density at radius 2 is 1.97 bits per heavy atom. The fraction of sp³-hybridized carbons (Fsp3) is 0.190. The van der Waals surface area contributed by atoms with Gasteiger partial charge in [-0.25, -0.2) is 14.6 Å². The summed E-state index contributed by atoms with van der Waals surface area (Å²) in [4.78, 5) is 44.5. The monoisotopic (exact) mass is 581 g/mol. The van der Waals surface area contributed by atoms with Crippen LogP contribution in [0.1, 0.15) is 17.5 Å². The summed E-state index contributed by atoms with van der Waals surface area (Å²) < 4.78 is 5.21. The van der Waals surface area contributed by atoms with Crippen molar-refractivity contribution in [3.05, 3.63) is 59.1 Å². The molecule has 2 heterocycles. The van der Waals surface area contributed by atoms with Crippen LogP contribution >= 0.6 is 45.7 Å². The summed E-state index contributed by atoms with van der Waals surface area (Å²) in [6.07, 6.45) is 0. The van der Waals surface area contributed by atoms with E-state index in [9.17, 15) is 19.5 Å². The molecule has 3 aromatic rings. The van der Waals surface area contributed by atoms with Crippen LogP contribution in [0.15, 0.2) is 53.5 Å². The van der Waals surface area contributed by atoms with Crippen LogP contribution in [0.2, 0.25) is 0 Å². The lowest BCUT2D eigenvalue weighted by molar-refractivity contribution is -0.153. The van der Waals surface area contributed by atoms with Crippen LogP contribution in [-0.4, -0.2) is 41.8 Å². The number of ether oxygens (including phenoxy) is 1. The van der Waals surface area contributed by atoms with Crippen LogP contribution < -0.4 is 5.32 Å². The number of anilines is 1. The largest absolute Gasteiger partial charge is 0.480 e. The van der Waals surface area contributed by atoms with Gasteiger partial charge in [0.15, 0.2) is 6.04 Å². The minimum atomic E-state index is -0.977. The lowest BCUT2D eigenvalue weighted by atomic mass is 10.2. The molecule has 8 nitrogen and oxygen atoms in total. The molecular weight excluding hydrogens is 565 g/mol. The van der Waals surface area contributed by atoms with Gasteiger partial charge in [-0.1, -0.05) is 64.7 Å². The standard InChI is InChI=1S/C21H16IN3O5S2/c1-21(22)15(19(27)28)25-18(32-21)17-24-13-8-7-12(9-14(13)31-17)23-16(26)20(29)30-10-11-5-3-2-4-6-11/h2-9,15H,10H2,1H3,(H,23,26)(H,27,28). The quantitative estimate of drug-likeness (QED) is 0.202. The zero-order valence-electron chi connectivity index (χ0n) is 16.6. The van der Waals surface area contributed by atoms with Gasteiger partial charge in [-0.3, -0.25) is 9.79 Å². The second-order valence-corrected chi connectivity index (χ2v) is 12.4. The summed E-state index contributed by atoms with van der Waals surface area (Å²) in [7, 11) is 0. The highest BCUT2D eigenvalue weighted by Gasteiger charge is 2.45. The maximum atomic E-state index is 12.2. The van der Waals surface area contributed by atoms with Crippen molar-refractivity contribution in [2.24, 2.45) is 4.99 Å². The predicted molar refractivity (Wildman–Crippen MR) is 132 cm³/mol. The second kappa shape index (κ2) is 9.16. The van der Waals surface area contributed by atoms with Crippen LogP contribution in [0.5, 0.6) is 0 Å². The van der Waals surface area contributed by atoms with Gasteiger partial charge in [0.25, 0.3) is 0 Å². The van der Waals surface area contributed by atoms with Crippen LogP contribution in [-0.2, 0) is 25.7 Å². The maximum Gasteiger partial charge on any atom is 0.397 e. The Kier molecular flexibility index (Phi) is 6.49. The molecule has 2 N–H and O–H groups in total. The number of amides is 1. The van der Waals surface area contributed by atoms with Crippen LogP contribution in [0.4, 0.5) is 5.69 Å². The molecule has 2 atom stereocenters. The molecule has 164 valence electrons. The Balaban J connectivity index is 1.45. The molecule has 0 saturated carbocycles. The molecule has 0 saturated heterocycles. The summed E-state index contributed by atoms with van der Waals surface area (Å²) in [6.45, 7) is 1.84. The van der Waals surface area contributed by atoms with E-state index in [-0.39, 0.29) is 6.61 Å². The smallest absolute Gasteiger partial charge is 0.397 e. The Hall–Kier alpha value is -2.51. The zero-order valence-corrected chi connectivity index (χ0v) is 20.4. The number of esters is 1. The number of rotatable bonds is 5. The average Bonchev–Trinajstić information content (AvgIpc) is 3.32. The average molecular weight is 581 g/mol. The molecule has 1 aromatic heterocycles. The molecule has 0 bridgehead atoms. The predicted octanol–water partition coefficient (Wildman–Crippen LogP) is 4.08. The van der Waals surface area contributed by atoms with Crippen molar-refractivity contribution in [1.82, 2.24) is 4.98 Å². The van der Waals surface area contributed by atoms with E-state index < -0.39 is 26.6 Å². The van der Waals surface area contributed by atoms with Gasteiger partial charge in [0.1, 0.15) is 19.4 Å². The van der Waals surface area contributed by atoms with Crippen molar-refractivity contribution in [2.75, 3.05) is 5.32 Å². The van der Waals surface area contributed by atoms with Gasteiger partial charge in [0.2, 0.25) is 0 Å². The van der Waals surface area contributed by atoms with E-state index in [0.29, 0.717) is 21.3 Å². The first-order valence-corrected chi connectivity index (χ1v) is 12.1. The number of hydrogen-bond donors (Lipinski definition) is 2. The van der Waals surface area contributed by atoms with E-state index >= 15 is 0 Å². The van der Waals surface area contributed by atoms with Crippen molar-refractivity contribution in [1.29, 1.82) is 0 Å². The number of thioether (sulfide) groups is 1. The summed E-state index contributed by atoms with van der Waals surface area (Å²) in [5.74, 6) is -2.82. The number of fused-ring (bicyclic) bond motifs is 1. The van der Waals surface area contributed by atoms with Crippen molar-refractivity contribution >= 4 is 84.5 Å². The fourth-order valence-corrected chi connectivity index (χ4v) is 6.06. The Morgan fingerprint density at radius 3 is 2.66 bits per heavy atom. The molecule has 1 aliphatic heterocycles. The Bertz CT molecular complexity index is 1240. The third kappa shape index (κ3) is 4.94. The molecule has 2 unspecified atom stereocenters.